The second-order valence-electron chi connectivity index (χ2n) is 12.4. The molecule has 2 N–H and O–H groups in total. The molecule has 41 heavy (non-hydrogen) atoms. The number of nitrogens with one attached hydrogen (secondary N) is 2. The Morgan fingerprint density at radius 2 is 1.83 bits per heavy atom. The molecule has 0 saturated carbocycles. The van der Waals surface area contributed by atoms with Crippen LogP contribution in [-0.2, 0) is 11.3 Å². The predicted molar refractivity (Wildman–Crippen MR) is 161 cm³/mol. The first-order valence-corrected chi connectivity index (χ1v) is 14.6. The van der Waals surface area contributed by atoms with E-state index in [1.807, 2.05) is 46.8 Å². The lowest BCUT2D eigenvalue weighted by molar-refractivity contribution is 0.0497. The SMILES string of the molecule is [C-]#[N+]C1(Nc2cc(F)ccc2N2CCC(NC(=O)OC(C)(C)C)CC2)CCN(Cc2cccc(OC(C)C)c2)CC1. The Morgan fingerprint density at radius 1 is 1.12 bits per heavy atom. The molecule has 2 fully saturated rings. The van der Waals surface area contributed by atoms with Crippen molar-refractivity contribution in [3.63, 3.8) is 0 Å². The van der Waals surface area contributed by atoms with Crippen LogP contribution >= 0.6 is 0 Å². The van der Waals surface area contributed by atoms with Crippen LogP contribution in [0.3, 0.4) is 0 Å². The minimum Gasteiger partial charge on any atom is -0.491 e. The van der Waals surface area contributed by atoms with Crippen LogP contribution in [0, 0.1) is 12.4 Å². The van der Waals surface area contributed by atoms with Crippen molar-refractivity contribution in [2.75, 3.05) is 36.4 Å². The summed E-state index contributed by atoms with van der Waals surface area (Å²) in [6, 6.07) is 13.0. The van der Waals surface area contributed by atoms with Gasteiger partial charge in [0.2, 0.25) is 0 Å². The Labute approximate surface area is 244 Å². The zero-order valence-electron chi connectivity index (χ0n) is 25.0. The third-order valence-corrected chi connectivity index (χ3v) is 7.46. The van der Waals surface area contributed by atoms with Crippen molar-refractivity contribution in [1.29, 1.82) is 0 Å². The van der Waals surface area contributed by atoms with E-state index in [1.165, 1.54) is 17.7 Å². The molecule has 0 atom stereocenters. The number of carbonyl (C=O) groups is 1. The van der Waals surface area contributed by atoms with Gasteiger partial charge in [0.15, 0.2) is 0 Å². The van der Waals surface area contributed by atoms with Gasteiger partial charge in [-0.1, -0.05) is 12.1 Å². The van der Waals surface area contributed by atoms with Gasteiger partial charge in [0.05, 0.1) is 30.3 Å². The average molecular weight is 566 g/mol. The fraction of sp³-hybridized carbons (Fsp3) is 0.562. The molecule has 0 bridgehead atoms. The van der Waals surface area contributed by atoms with Crippen LogP contribution in [0.25, 0.3) is 4.85 Å². The number of anilines is 2. The van der Waals surface area contributed by atoms with Gasteiger partial charge in [-0.15, -0.1) is 0 Å². The number of alkyl carbamates (subject to hydrolysis) is 1. The van der Waals surface area contributed by atoms with Crippen LogP contribution in [0.15, 0.2) is 42.5 Å². The molecule has 1 amide bonds. The number of ether oxygens (including phenoxy) is 2. The van der Waals surface area contributed by atoms with Gasteiger partial charge < -0.3 is 25.0 Å². The highest BCUT2D eigenvalue weighted by Gasteiger charge is 2.41. The first kappa shape index (κ1) is 30.4. The fourth-order valence-electron chi connectivity index (χ4n) is 5.47. The summed E-state index contributed by atoms with van der Waals surface area (Å²) in [7, 11) is 0. The molecule has 4 rings (SSSR count). The molecule has 2 aromatic rings. The van der Waals surface area contributed by atoms with Crippen LogP contribution in [0.4, 0.5) is 20.6 Å². The van der Waals surface area contributed by atoms with E-state index in [4.69, 9.17) is 16.0 Å². The highest BCUT2D eigenvalue weighted by atomic mass is 19.1. The number of rotatable bonds is 8. The van der Waals surface area contributed by atoms with Crippen molar-refractivity contribution in [2.45, 2.75) is 90.3 Å². The van der Waals surface area contributed by atoms with E-state index in [1.54, 1.807) is 6.07 Å². The number of carbonyl (C=O) groups excluding carboxylic acids is 1. The zero-order valence-corrected chi connectivity index (χ0v) is 25.0. The molecule has 0 aliphatic carbocycles. The Bertz CT molecular complexity index is 1220. The molecule has 0 unspecified atom stereocenters. The number of likely N-dealkylation sites (tertiary alicyclic amines) is 1. The lowest BCUT2D eigenvalue weighted by atomic mass is 9.96. The third-order valence-electron chi connectivity index (χ3n) is 7.46. The second kappa shape index (κ2) is 13.0. The summed E-state index contributed by atoms with van der Waals surface area (Å²) >= 11 is 0. The number of hydrogen-bond donors (Lipinski definition) is 2. The van der Waals surface area contributed by atoms with Crippen molar-refractivity contribution < 1.29 is 18.7 Å². The van der Waals surface area contributed by atoms with E-state index in [-0.39, 0.29) is 18.0 Å². The maximum absolute atomic E-state index is 14.4. The Kier molecular flexibility index (Phi) is 9.64. The number of nitrogens with zero attached hydrogens (tertiary/aromatic N) is 3. The van der Waals surface area contributed by atoms with E-state index in [9.17, 15) is 9.18 Å². The zero-order chi connectivity index (χ0) is 29.6. The molecule has 2 aliphatic heterocycles. The lowest BCUT2D eigenvalue weighted by Gasteiger charge is -2.38. The normalized spacial score (nSPS) is 18.0. The number of piperidine rings is 2. The van der Waals surface area contributed by atoms with Crippen LogP contribution < -0.4 is 20.3 Å². The molecule has 222 valence electrons. The van der Waals surface area contributed by atoms with E-state index >= 15 is 0 Å². The van der Waals surface area contributed by atoms with Gasteiger partial charge in [-0.2, -0.15) is 0 Å². The maximum atomic E-state index is 14.4. The lowest BCUT2D eigenvalue weighted by Crippen LogP contribution is -2.48. The van der Waals surface area contributed by atoms with Gasteiger partial charge in [0, 0.05) is 38.8 Å². The average Bonchev–Trinajstić information content (AvgIpc) is 2.89. The quantitative estimate of drug-likeness (QED) is 0.360. The third kappa shape index (κ3) is 8.74. The monoisotopic (exact) mass is 565 g/mol. The molecule has 0 radical (unpaired) electrons. The number of benzene rings is 2. The number of hydrogen-bond acceptors (Lipinski definition) is 6. The second-order valence-corrected chi connectivity index (χ2v) is 12.4. The number of halogens is 1. The van der Waals surface area contributed by atoms with Crippen LogP contribution in [0.5, 0.6) is 5.75 Å². The van der Waals surface area contributed by atoms with E-state index in [2.05, 4.69) is 37.4 Å². The summed E-state index contributed by atoms with van der Waals surface area (Å²) in [5.41, 5.74) is 1.38. The van der Waals surface area contributed by atoms with Crippen LogP contribution in [-0.4, -0.2) is 60.6 Å². The molecule has 0 spiro atoms. The highest BCUT2D eigenvalue weighted by molar-refractivity contribution is 5.72. The van der Waals surface area contributed by atoms with Crippen LogP contribution in [0.1, 0.15) is 65.9 Å². The summed E-state index contributed by atoms with van der Waals surface area (Å²) in [5.74, 6) is 0.536. The van der Waals surface area contributed by atoms with Gasteiger partial charge in [-0.05, 0) is 83.4 Å². The largest absolute Gasteiger partial charge is 0.491 e. The summed E-state index contributed by atoms with van der Waals surface area (Å²) in [6.07, 6.45) is 2.50. The van der Waals surface area contributed by atoms with Gasteiger partial charge in [0.1, 0.15) is 17.2 Å². The van der Waals surface area contributed by atoms with Gasteiger partial charge in [-0.3, -0.25) is 9.74 Å². The first-order chi connectivity index (χ1) is 19.4. The molecule has 2 saturated heterocycles. The molecule has 2 aromatic carbocycles. The topological polar surface area (TPSA) is 70.4 Å². The molecule has 9 heteroatoms. The molecule has 2 heterocycles. The van der Waals surface area contributed by atoms with Crippen molar-refractivity contribution in [3.8, 4) is 5.75 Å². The standard InChI is InChI=1S/C32H44FN5O3/c1-23(2)40-27-9-7-8-24(20-27)22-37-18-14-32(34-6,15-19-37)36-28-21-25(33)10-11-29(28)38-16-12-26(13-17-38)35-30(39)41-31(3,4)5/h7-11,20-21,23,26,36H,12-19,22H2,1-5H3,(H,35,39). The molecule has 2 aliphatic rings. The highest BCUT2D eigenvalue weighted by Crippen LogP contribution is 2.36. The van der Waals surface area contributed by atoms with Crippen molar-refractivity contribution >= 4 is 17.5 Å². The van der Waals surface area contributed by atoms with Crippen molar-refractivity contribution in [3.05, 3.63) is 65.3 Å². The van der Waals surface area contributed by atoms with Crippen molar-refractivity contribution in [2.24, 2.45) is 0 Å². The summed E-state index contributed by atoms with van der Waals surface area (Å²) in [4.78, 5) is 20.8. The van der Waals surface area contributed by atoms with E-state index in [0.29, 0.717) is 31.6 Å². The smallest absolute Gasteiger partial charge is 0.407 e. The summed E-state index contributed by atoms with van der Waals surface area (Å²) < 4.78 is 25.7. The number of amides is 1. The fourth-order valence-corrected chi connectivity index (χ4v) is 5.47. The van der Waals surface area contributed by atoms with Crippen molar-refractivity contribution in [1.82, 2.24) is 10.2 Å². The Hall–Kier alpha value is -3.51. The minimum absolute atomic E-state index is 0.0227. The molecular weight excluding hydrogens is 521 g/mol. The predicted octanol–water partition coefficient (Wildman–Crippen LogP) is 6.43. The Balaban J connectivity index is 1.37. The van der Waals surface area contributed by atoms with Crippen LogP contribution in [0.2, 0.25) is 0 Å². The molecule has 0 aromatic heterocycles. The van der Waals surface area contributed by atoms with Gasteiger partial charge >= 0.3 is 11.8 Å². The van der Waals surface area contributed by atoms with E-state index < -0.39 is 17.4 Å². The Morgan fingerprint density at radius 3 is 2.46 bits per heavy atom. The molecular formula is C32H44FN5O3. The van der Waals surface area contributed by atoms with Gasteiger partial charge in [0.25, 0.3) is 0 Å². The minimum atomic E-state index is -0.793. The first-order valence-electron chi connectivity index (χ1n) is 14.6. The van der Waals surface area contributed by atoms with Gasteiger partial charge in [-0.25, -0.2) is 15.8 Å². The van der Waals surface area contributed by atoms with E-state index in [0.717, 1.165) is 43.9 Å². The molecule has 8 nitrogen and oxygen atoms in total. The summed E-state index contributed by atoms with van der Waals surface area (Å²) in [6.45, 7) is 21.4. The maximum Gasteiger partial charge on any atom is 0.407 e. The summed E-state index contributed by atoms with van der Waals surface area (Å²) in [5, 5.41) is 6.43.